The van der Waals surface area contributed by atoms with Gasteiger partial charge in [0.25, 0.3) is 6.43 Å². The minimum absolute atomic E-state index is 0.0602. The maximum Gasteiger partial charge on any atom is 0.282 e. The van der Waals surface area contributed by atoms with Crippen molar-refractivity contribution in [1.29, 1.82) is 0 Å². The predicted octanol–water partition coefficient (Wildman–Crippen LogP) is 9.11. The van der Waals surface area contributed by atoms with Crippen LogP contribution in [0.3, 0.4) is 0 Å². The summed E-state index contributed by atoms with van der Waals surface area (Å²) in [5.74, 6) is 0. The van der Waals surface area contributed by atoms with E-state index in [-0.39, 0.29) is 5.69 Å². The molecule has 3 nitrogen and oxygen atoms in total. The maximum absolute atomic E-state index is 13.0. The molecule has 0 unspecified atom stereocenters. The first-order valence-corrected chi connectivity index (χ1v) is 12.8. The van der Waals surface area contributed by atoms with Gasteiger partial charge < -0.3 is 5.32 Å². The first-order chi connectivity index (χ1) is 16.5. The second kappa shape index (κ2) is 13.7. The molecule has 0 fully saturated rings. The lowest BCUT2D eigenvalue weighted by Gasteiger charge is -2.13. The second-order valence-electron chi connectivity index (χ2n) is 8.69. The Kier molecular flexibility index (Phi) is 10.7. The summed E-state index contributed by atoms with van der Waals surface area (Å²) >= 11 is 12.4. The first kappa shape index (κ1) is 26.5. The molecule has 1 heterocycles. The molecule has 0 aliphatic heterocycles. The molecule has 2 aromatic carbocycles. The minimum atomic E-state index is -2.49. The van der Waals surface area contributed by atoms with Crippen LogP contribution in [0.25, 0.3) is 11.1 Å². The first-order valence-electron chi connectivity index (χ1n) is 12.0. The van der Waals surface area contributed by atoms with Crippen molar-refractivity contribution in [3.8, 4) is 11.1 Å². The van der Waals surface area contributed by atoms with Gasteiger partial charge in [0.2, 0.25) is 0 Å². The zero-order valence-corrected chi connectivity index (χ0v) is 21.2. The number of aryl methyl sites for hydroxylation is 2. The lowest BCUT2D eigenvalue weighted by atomic mass is 10.0. The van der Waals surface area contributed by atoms with Crippen molar-refractivity contribution in [2.24, 2.45) is 7.05 Å². The van der Waals surface area contributed by atoms with Gasteiger partial charge >= 0.3 is 0 Å². The van der Waals surface area contributed by atoms with Gasteiger partial charge in [0.15, 0.2) is 0 Å². The lowest BCUT2D eigenvalue weighted by molar-refractivity contribution is 0.144. The molecule has 3 rings (SSSR count). The van der Waals surface area contributed by atoms with Gasteiger partial charge in [-0.15, -0.1) is 0 Å². The maximum atomic E-state index is 13.0. The van der Waals surface area contributed by atoms with Crippen LogP contribution < -0.4 is 5.32 Å². The van der Waals surface area contributed by atoms with Crippen molar-refractivity contribution in [2.75, 3.05) is 11.9 Å². The Bertz CT molecular complexity index is 1040. The summed E-state index contributed by atoms with van der Waals surface area (Å²) in [5.41, 5.74) is 3.76. The van der Waals surface area contributed by atoms with E-state index in [1.165, 1.54) is 30.4 Å². The Morgan fingerprint density at radius 1 is 0.882 bits per heavy atom. The highest BCUT2D eigenvalue weighted by atomic mass is 35.5. The average Bonchev–Trinajstić information content (AvgIpc) is 3.18. The van der Waals surface area contributed by atoms with E-state index in [0.717, 1.165) is 49.0 Å². The number of alkyl halides is 2. The second-order valence-corrected chi connectivity index (χ2v) is 9.53. The third kappa shape index (κ3) is 7.99. The van der Waals surface area contributed by atoms with Crippen LogP contribution >= 0.6 is 23.2 Å². The van der Waals surface area contributed by atoms with Gasteiger partial charge in [-0.3, -0.25) is 4.68 Å². The number of nitrogens with one attached hydrogen (secondary N) is 1. The monoisotopic (exact) mass is 507 g/mol. The largest absolute Gasteiger partial charge is 0.385 e. The van der Waals surface area contributed by atoms with Crippen molar-refractivity contribution >= 4 is 28.9 Å². The quantitative estimate of drug-likeness (QED) is 0.220. The molecule has 1 aromatic heterocycles. The molecule has 34 heavy (non-hydrogen) atoms. The van der Waals surface area contributed by atoms with Gasteiger partial charge in [-0.2, -0.15) is 5.10 Å². The number of nitrogens with zero attached hydrogens (tertiary/aromatic N) is 2. The number of anilines is 1. The van der Waals surface area contributed by atoms with Crippen LogP contribution in [-0.4, -0.2) is 16.3 Å². The molecule has 0 aliphatic carbocycles. The van der Waals surface area contributed by atoms with Crippen LogP contribution in [0.5, 0.6) is 0 Å². The highest BCUT2D eigenvalue weighted by Gasteiger charge is 2.16. The summed E-state index contributed by atoms with van der Waals surface area (Å²) in [7, 11) is 1.69. The van der Waals surface area contributed by atoms with Crippen molar-refractivity contribution in [1.82, 2.24) is 9.78 Å². The van der Waals surface area contributed by atoms with Crippen LogP contribution in [0.4, 0.5) is 14.5 Å². The fraction of sp³-hybridized carbons (Fsp3) is 0.444. The molecule has 0 saturated carbocycles. The molecule has 0 amide bonds. The third-order valence-corrected chi connectivity index (χ3v) is 6.53. The van der Waals surface area contributed by atoms with Crippen LogP contribution in [0.1, 0.15) is 69.0 Å². The van der Waals surface area contributed by atoms with Crippen LogP contribution in [0.15, 0.2) is 48.7 Å². The van der Waals surface area contributed by atoms with Crippen molar-refractivity contribution in [3.05, 3.63) is 70.0 Å². The number of rotatable bonds is 14. The Balaban J connectivity index is 1.28. The molecule has 184 valence electrons. The molecule has 0 spiro atoms. The fourth-order valence-corrected chi connectivity index (χ4v) is 4.75. The summed E-state index contributed by atoms with van der Waals surface area (Å²) in [6, 6.07) is 13.8. The SMILES string of the molecule is Cn1cc(CCCCCCCCCCNc2ccccc2-c2ccc(Cl)cc2Cl)c(C(F)F)n1. The summed E-state index contributed by atoms with van der Waals surface area (Å²) in [6.07, 6.45) is 8.99. The summed E-state index contributed by atoms with van der Waals surface area (Å²) in [5, 5.41) is 8.70. The highest BCUT2D eigenvalue weighted by Crippen LogP contribution is 2.35. The van der Waals surface area contributed by atoms with E-state index < -0.39 is 6.43 Å². The Labute approximate surface area is 211 Å². The van der Waals surface area contributed by atoms with E-state index in [4.69, 9.17) is 23.2 Å². The lowest BCUT2D eigenvalue weighted by Crippen LogP contribution is -2.03. The van der Waals surface area contributed by atoms with E-state index in [1.54, 1.807) is 19.3 Å². The van der Waals surface area contributed by atoms with E-state index in [1.807, 2.05) is 24.3 Å². The zero-order valence-electron chi connectivity index (χ0n) is 19.7. The summed E-state index contributed by atoms with van der Waals surface area (Å²) < 4.78 is 27.4. The van der Waals surface area contributed by atoms with Gasteiger partial charge in [-0.1, -0.05) is 86.0 Å². The zero-order chi connectivity index (χ0) is 24.3. The smallest absolute Gasteiger partial charge is 0.282 e. The number of benzene rings is 2. The predicted molar refractivity (Wildman–Crippen MR) is 139 cm³/mol. The Hall–Kier alpha value is -2.11. The molecule has 0 bridgehead atoms. The highest BCUT2D eigenvalue weighted by molar-refractivity contribution is 6.36. The van der Waals surface area contributed by atoms with Crippen LogP contribution in [-0.2, 0) is 13.5 Å². The van der Waals surface area contributed by atoms with Crippen molar-refractivity contribution in [3.63, 3.8) is 0 Å². The molecule has 0 radical (unpaired) electrons. The van der Waals surface area contributed by atoms with Crippen LogP contribution in [0.2, 0.25) is 10.0 Å². The molecular weight excluding hydrogens is 475 g/mol. The topological polar surface area (TPSA) is 29.9 Å². The summed E-state index contributed by atoms with van der Waals surface area (Å²) in [4.78, 5) is 0. The number of unbranched alkanes of at least 4 members (excludes halogenated alkanes) is 7. The van der Waals surface area contributed by atoms with Gasteiger partial charge in [0, 0.05) is 46.6 Å². The number of para-hydroxylation sites is 1. The Morgan fingerprint density at radius 3 is 2.26 bits per heavy atom. The van der Waals surface area contributed by atoms with E-state index >= 15 is 0 Å². The van der Waals surface area contributed by atoms with Crippen molar-refractivity contribution in [2.45, 2.75) is 64.2 Å². The van der Waals surface area contributed by atoms with Gasteiger partial charge in [0.1, 0.15) is 5.69 Å². The van der Waals surface area contributed by atoms with Crippen molar-refractivity contribution < 1.29 is 8.78 Å². The number of hydrogen-bond donors (Lipinski definition) is 1. The van der Waals surface area contributed by atoms with Gasteiger partial charge in [0.05, 0.1) is 0 Å². The molecular formula is C27H33Cl2F2N3. The van der Waals surface area contributed by atoms with E-state index in [9.17, 15) is 8.78 Å². The van der Waals surface area contributed by atoms with Gasteiger partial charge in [-0.25, -0.2) is 8.78 Å². The average molecular weight is 508 g/mol. The molecule has 1 N–H and O–H groups in total. The molecule has 0 aliphatic rings. The normalized spacial score (nSPS) is 11.4. The van der Waals surface area contributed by atoms with E-state index in [2.05, 4.69) is 22.5 Å². The number of hydrogen-bond acceptors (Lipinski definition) is 2. The van der Waals surface area contributed by atoms with E-state index in [0.29, 0.717) is 22.0 Å². The molecule has 0 saturated heterocycles. The summed E-state index contributed by atoms with van der Waals surface area (Å²) in [6.45, 7) is 0.916. The Morgan fingerprint density at radius 2 is 1.56 bits per heavy atom. The third-order valence-electron chi connectivity index (χ3n) is 5.98. The standard InChI is InChI=1S/C27H33Cl2F2N3/c1-34-19-20(26(33-34)27(30)31)12-8-6-4-2-3-5-7-11-17-32-25-14-10-9-13-23(25)22-16-15-21(28)18-24(22)29/h9-10,13-16,18-19,27,32H,2-8,11-12,17H2,1H3. The fourth-order valence-electron chi connectivity index (χ4n) is 4.24. The number of aromatic nitrogens is 2. The minimum Gasteiger partial charge on any atom is -0.385 e. The number of halogens is 4. The molecule has 0 atom stereocenters. The molecule has 3 aromatic rings. The van der Waals surface area contributed by atoms with Crippen LogP contribution in [0, 0.1) is 0 Å². The van der Waals surface area contributed by atoms with Gasteiger partial charge in [-0.05, 0) is 43.0 Å². The molecule has 7 heteroatoms.